The minimum atomic E-state index is -3.32. The molecule has 19 heavy (non-hydrogen) atoms. The summed E-state index contributed by atoms with van der Waals surface area (Å²) in [5, 5.41) is 1.34. The zero-order valence-electron chi connectivity index (χ0n) is 10.6. The van der Waals surface area contributed by atoms with Crippen LogP contribution < -0.4 is 0 Å². The molecule has 0 unspecified atom stereocenters. The first-order chi connectivity index (χ1) is 9.17. The average Bonchev–Trinajstić information content (AvgIpc) is 2.70. The Morgan fingerprint density at radius 3 is 2.68 bits per heavy atom. The molecular formula is C15H17NO2S. The molecule has 3 rings (SSSR count). The highest BCUT2D eigenvalue weighted by Gasteiger charge is 2.40. The van der Waals surface area contributed by atoms with Gasteiger partial charge in [0.2, 0.25) is 10.0 Å². The standard InChI is InChI=1S/C15H17NO2S/c17-19(18,12-11-13-5-2-1-3-6-13)16-14-7-4-8-15(16)10-9-14/h1-7,11-12,14-15H,8-10H2/b12-11+/t14-,15-/m0/s1. The molecule has 100 valence electrons. The molecule has 1 aromatic rings. The first-order valence-corrected chi connectivity index (χ1v) is 8.10. The van der Waals surface area contributed by atoms with E-state index in [9.17, 15) is 8.42 Å². The summed E-state index contributed by atoms with van der Waals surface area (Å²) in [6.07, 6.45) is 8.56. The van der Waals surface area contributed by atoms with Gasteiger partial charge in [-0.05, 0) is 30.9 Å². The van der Waals surface area contributed by atoms with Crippen LogP contribution in [0.5, 0.6) is 0 Å². The van der Waals surface area contributed by atoms with E-state index in [1.54, 1.807) is 10.4 Å². The predicted molar refractivity (Wildman–Crippen MR) is 76.8 cm³/mol. The molecule has 0 amide bonds. The second kappa shape index (κ2) is 4.94. The molecular weight excluding hydrogens is 258 g/mol. The van der Waals surface area contributed by atoms with Crippen LogP contribution in [0.25, 0.3) is 6.08 Å². The van der Waals surface area contributed by atoms with E-state index < -0.39 is 10.0 Å². The van der Waals surface area contributed by atoms with Crippen molar-refractivity contribution in [1.82, 2.24) is 4.31 Å². The smallest absolute Gasteiger partial charge is 0.207 e. The van der Waals surface area contributed by atoms with E-state index in [4.69, 9.17) is 0 Å². The number of nitrogens with zero attached hydrogens (tertiary/aromatic N) is 1. The number of hydrogen-bond donors (Lipinski definition) is 0. The summed E-state index contributed by atoms with van der Waals surface area (Å²) in [4.78, 5) is 0. The Labute approximate surface area is 114 Å². The summed E-state index contributed by atoms with van der Waals surface area (Å²) in [7, 11) is -3.32. The number of benzene rings is 1. The lowest BCUT2D eigenvalue weighted by molar-refractivity contribution is 0.345. The van der Waals surface area contributed by atoms with Gasteiger partial charge in [0.05, 0.1) is 0 Å². The summed E-state index contributed by atoms with van der Waals surface area (Å²) >= 11 is 0. The van der Waals surface area contributed by atoms with E-state index in [0.717, 1.165) is 24.8 Å². The average molecular weight is 275 g/mol. The third-order valence-corrected chi connectivity index (χ3v) is 5.41. The molecule has 0 saturated carbocycles. The van der Waals surface area contributed by atoms with Gasteiger partial charge in [-0.15, -0.1) is 0 Å². The molecule has 2 bridgehead atoms. The summed E-state index contributed by atoms with van der Waals surface area (Å²) in [6, 6.07) is 9.73. The quantitative estimate of drug-likeness (QED) is 0.795. The van der Waals surface area contributed by atoms with Crippen molar-refractivity contribution in [2.75, 3.05) is 0 Å². The van der Waals surface area contributed by atoms with Gasteiger partial charge in [0.25, 0.3) is 0 Å². The fourth-order valence-corrected chi connectivity index (χ4v) is 4.51. The summed E-state index contributed by atoms with van der Waals surface area (Å²) < 4.78 is 26.5. The Balaban J connectivity index is 1.84. The Kier molecular flexibility index (Phi) is 3.29. The number of hydrogen-bond acceptors (Lipinski definition) is 2. The van der Waals surface area contributed by atoms with Crippen LogP contribution in [0.15, 0.2) is 47.9 Å². The van der Waals surface area contributed by atoms with Crippen LogP contribution in [0.1, 0.15) is 24.8 Å². The molecule has 2 heterocycles. The maximum atomic E-state index is 12.4. The van der Waals surface area contributed by atoms with Crippen LogP contribution in [0.2, 0.25) is 0 Å². The normalized spacial score (nSPS) is 27.2. The van der Waals surface area contributed by atoms with Gasteiger partial charge in [0, 0.05) is 17.5 Å². The van der Waals surface area contributed by atoms with E-state index in [1.807, 2.05) is 36.4 Å². The van der Waals surface area contributed by atoms with Gasteiger partial charge in [-0.1, -0.05) is 42.5 Å². The lowest BCUT2D eigenvalue weighted by Crippen LogP contribution is -2.40. The molecule has 3 nitrogen and oxygen atoms in total. The Hall–Kier alpha value is -1.39. The lowest BCUT2D eigenvalue weighted by Gasteiger charge is -2.28. The molecule has 2 aliphatic rings. The van der Waals surface area contributed by atoms with Crippen molar-refractivity contribution in [1.29, 1.82) is 0 Å². The predicted octanol–water partition coefficient (Wildman–Crippen LogP) is 2.78. The molecule has 1 saturated heterocycles. The van der Waals surface area contributed by atoms with Crippen molar-refractivity contribution in [2.24, 2.45) is 0 Å². The molecule has 0 radical (unpaired) electrons. The summed E-state index contributed by atoms with van der Waals surface area (Å²) in [5.74, 6) is 0. The van der Waals surface area contributed by atoms with Crippen LogP contribution in [0, 0.1) is 0 Å². The van der Waals surface area contributed by atoms with E-state index in [2.05, 4.69) is 6.08 Å². The van der Waals surface area contributed by atoms with Crippen LogP contribution in [0.3, 0.4) is 0 Å². The van der Waals surface area contributed by atoms with Crippen LogP contribution in [-0.4, -0.2) is 24.8 Å². The maximum absolute atomic E-state index is 12.4. The number of fused-ring (bicyclic) bond motifs is 2. The minimum absolute atomic E-state index is 0.0594. The van der Waals surface area contributed by atoms with E-state index in [0.29, 0.717) is 0 Å². The monoisotopic (exact) mass is 275 g/mol. The number of rotatable bonds is 3. The lowest BCUT2D eigenvalue weighted by atomic mass is 10.2. The minimum Gasteiger partial charge on any atom is -0.207 e. The molecule has 2 atom stereocenters. The number of sulfonamides is 1. The van der Waals surface area contributed by atoms with Gasteiger partial charge >= 0.3 is 0 Å². The second-order valence-electron chi connectivity index (χ2n) is 5.05. The van der Waals surface area contributed by atoms with E-state index >= 15 is 0 Å². The van der Waals surface area contributed by atoms with E-state index in [1.165, 1.54) is 5.41 Å². The Bertz CT molecular complexity index is 604. The fraction of sp³-hybridized carbons (Fsp3) is 0.333. The van der Waals surface area contributed by atoms with Gasteiger partial charge in [-0.3, -0.25) is 0 Å². The van der Waals surface area contributed by atoms with Crippen molar-refractivity contribution >= 4 is 16.1 Å². The van der Waals surface area contributed by atoms with Gasteiger partial charge in [-0.2, -0.15) is 4.31 Å². The summed E-state index contributed by atoms with van der Waals surface area (Å²) in [5.41, 5.74) is 0.908. The molecule has 0 aliphatic carbocycles. The first-order valence-electron chi connectivity index (χ1n) is 6.60. The van der Waals surface area contributed by atoms with Gasteiger partial charge in [0.1, 0.15) is 0 Å². The van der Waals surface area contributed by atoms with Crippen molar-refractivity contribution < 1.29 is 8.42 Å². The third kappa shape index (κ3) is 2.51. The van der Waals surface area contributed by atoms with Crippen molar-refractivity contribution in [3.63, 3.8) is 0 Å². The highest BCUT2D eigenvalue weighted by Crippen LogP contribution is 2.34. The first kappa shape index (κ1) is 12.6. The molecule has 1 fully saturated rings. The third-order valence-electron chi connectivity index (χ3n) is 3.77. The molecule has 2 aliphatic heterocycles. The molecule has 0 aromatic heterocycles. The molecule has 1 aromatic carbocycles. The van der Waals surface area contributed by atoms with Gasteiger partial charge in [-0.25, -0.2) is 8.42 Å². The largest absolute Gasteiger partial charge is 0.237 e. The zero-order chi connectivity index (χ0) is 13.3. The SMILES string of the molecule is O=S(=O)(/C=C/c1ccccc1)N1[C@H]2CC=C[C@H]1CC2. The molecule has 4 heteroatoms. The topological polar surface area (TPSA) is 37.4 Å². The van der Waals surface area contributed by atoms with Crippen LogP contribution in [-0.2, 0) is 10.0 Å². The highest BCUT2D eigenvalue weighted by molar-refractivity contribution is 7.92. The summed E-state index contributed by atoms with van der Waals surface area (Å²) in [6.45, 7) is 0. The van der Waals surface area contributed by atoms with Crippen LogP contribution in [0.4, 0.5) is 0 Å². The van der Waals surface area contributed by atoms with Gasteiger partial charge in [0.15, 0.2) is 0 Å². The van der Waals surface area contributed by atoms with Gasteiger partial charge < -0.3 is 0 Å². The van der Waals surface area contributed by atoms with Crippen molar-refractivity contribution in [3.8, 4) is 0 Å². The molecule has 0 spiro atoms. The maximum Gasteiger partial charge on any atom is 0.237 e. The fourth-order valence-electron chi connectivity index (χ4n) is 2.88. The van der Waals surface area contributed by atoms with E-state index in [-0.39, 0.29) is 12.1 Å². The molecule has 0 N–H and O–H groups in total. The van der Waals surface area contributed by atoms with Crippen molar-refractivity contribution in [3.05, 3.63) is 53.5 Å². The zero-order valence-corrected chi connectivity index (χ0v) is 11.5. The van der Waals surface area contributed by atoms with Crippen molar-refractivity contribution in [2.45, 2.75) is 31.3 Å². The second-order valence-corrected chi connectivity index (χ2v) is 6.77. The Morgan fingerprint density at radius 2 is 1.95 bits per heavy atom. The van der Waals surface area contributed by atoms with Crippen LogP contribution >= 0.6 is 0 Å². The Morgan fingerprint density at radius 1 is 1.16 bits per heavy atom. The highest BCUT2D eigenvalue weighted by atomic mass is 32.2.